The van der Waals surface area contributed by atoms with Gasteiger partial charge in [-0.1, -0.05) is 11.3 Å². The van der Waals surface area contributed by atoms with Crippen molar-refractivity contribution in [2.75, 3.05) is 31.4 Å². The van der Waals surface area contributed by atoms with E-state index < -0.39 is 0 Å². The minimum atomic E-state index is -0.151. The van der Waals surface area contributed by atoms with Crippen LogP contribution in [0.25, 0.3) is 0 Å². The van der Waals surface area contributed by atoms with Gasteiger partial charge in [-0.15, -0.1) is 10.2 Å². The molecular weight excluding hydrogens is 252 g/mol. The Balaban J connectivity index is 2.22. The topological polar surface area (TPSA) is 75.9 Å². The lowest BCUT2D eigenvalue weighted by Gasteiger charge is -2.11. The van der Waals surface area contributed by atoms with Gasteiger partial charge in [-0.25, -0.2) is 4.68 Å². The molecule has 0 unspecified atom stereocenters. The third kappa shape index (κ3) is 2.65. The van der Waals surface area contributed by atoms with Crippen LogP contribution in [0.4, 0.5) is 10.8 Å². The van der Waals surface area contributed by atoms with E-state index in [9.17, 15) is 4.79 Å². The van der Waals surface area contributed by atoms with Crippen LogP contribution < -0.4 is 15.8 Å². The van der Waals surface area contributed by atoms with Crippen molar-refractivity contribution in [2.45, 2.75) is 6.54 Å². The molecule has 0 saturated carbocycles. The van der Waals surface area contributed by atoms with Crippen molar-refractivity contribution < 1.29 is 0 Å². The third-order valence-corrected chi connectivity index (χ3v) is 3.26. The molecule has 2 aromatic heterocycles. The van der Waals surface area contributed by atoms with Crippen LogP contribution in [0, 0.1) is 0 Å². The lowest BCUT2D eigenvalue weighted by atomic mass is 10.4. The molecule has 2 rings (SSSR count). The van der Waals surface area contributed by atoms with Crippen LogP contribution in [0.5, 0.6) is 0 Å². The van der Waals surface area contributed by atoms with Crippen LogP contribution in [0.15, 0.2) is 17.1 Å². The molecule has 0 aliphatic heterocycles. The monoisotopic (exact) mass is 266 g/mol. The van der Waals surface area contributed by atoms with Crippen molar-refractivity contribution in [1.29, 1.82) is 0 Å². The summed E-state index contributed by atoms with van der Waals surface area (Å²) < 4.78 is 1.37. The van der Waals surface area contributed by atoms with Gasteiger partial charge in [0.2, 0.25) is 5.13 Å². The van der Waals surface area contributed by atoms with Crippen molar-refractivity contribution in [3.63, 3.8) is 0 Å². The zero-order valence-electron chi connectivity index (χ0n) is 10.4. The van der Waals surface area contributed by atoms with Gasteiger partial charge in [0.25, 0.3) is 5.56 Å². The van der Waals surface area contributed by atoms with E-state index in [1.165, 1.54) is 16.0 Å². The summed E-state index contributed by atoms with van der Waals surface area (Å²) in [6, 6.07) is 1.55. The number of anilines is 2. The van der Waals surface area contributed by atoms with E-state index in [-0.39, 0.29) is 5.56 Å². The predicted octanol–water partition coefficient (Wildman–Crippen LogP) is 0.251. The number of rotatable bonds is 4. The first-order valence-corrected chi connectivity index (χ1v) is 6.16. The molecule has 0 aliphatic rings. The Labute approximate surface area is 108 Å². The highest BCUT2D eigenvalue weighted by molar-refractivity contribution is 7.15. The molecular formula is C10H14N6OS. The molecule has 0 bridgehead atoms. The van der Waals surface area contributed by atoms with Gasteiger partial charge < -0.3 is 10.2 Å². The highest BCUT2D eigenvalue weighted by Gasteiger charge is 2.06. The summed E-state index contributed by atoms with van der Waals surface area (Å²) in [7, 11) is 5.51. The molecule has 0 atom stereocenters. The molecule has 0 spiro atoms. The largest absolute Gasteiger partial charge is 0.376 e. The lowest BCUT2D eigenvalue weighted by molar-refractivity contribution is 0.631. The first-order valence-electron chi connectivity index (χ1n) is 5.35. The van der Waals surface area contributed by atoms with Gasteiger partial charge in [-0.05, 0) is 0 Å². The molecule has 1 N–H and O–H groups in total. The average Bonchev–Trinajstić information content (AvgIpc) is 2.79. The summed E-state index contributed by atoms with van der Waals surface area (Å²) in [6.45, 7) is 0.339. The molecule has 0 amide bonds. The summed E-state index contributed by atoms with van der Waals surface area (Å²) in [5.74, 6) is 0. The Bertz CT molecular complexity index is 590. The molecule has 7 nitrogen and oxygen atoms in total. The zero-order valence-corrected chi connectivity index (χ0v) is 11.2. The Morgan fingerprint density at radius 3 is 2.78 bits per heavy atom. The summed E-state index contributed by atoms with van der Waals surface area (Å²) in [6.07, 6.45) is 1.65. The highest BCUT2D eigenvalue weighted by atomic mass is 32.1. The fourth-order valence-electron chi connectivity index (χ4n) is 1.33. The van der Waals surface area contributed by atoms with Crippen molar-refractivity contribution in [3.05, 3.63) is 27.6 Å². The van der Waals surface area contributed by atoms with Gasteiger partial charge in [0, 0.05) is 27.2 Å². The van der Waals surface area contributed by atoms with Crippen LogP contribution in [-0.4, -0.2) is 41.1 Å². The summed E-state index contributed by atoms with van der Waals surface area (Å²) >= 11 is 1.40. The maximum Gasteiger partial charge on any atom is 0.269 e. The van der Waals surface area contributed by atoms with E-state index in [1.807, 2.05) is 19.0 Å². The maximum atomic E-state index is 11.8. The Kier molecular flexibility index (Phi) is 3.56. The van der Waals surface area contributed by atoms with E-state index in [0.29, 0.717) is 6.54 Å². The van der Waals surface area contributed by atoms with Gasteiger partial charge in [0.15, 0.2) is 0 Å². The van der Waals surface area contributed by atoms with Gasteiger partial charge in [0.05, 0.1) is 18.4 Å². The van der Waals surface area contributed by atoms with Gasteiger partial charge >= 0.3 is 0 Å². The third-order valence-electron chi connectivity index (χ3n) is 2.34. The number of hydrogen-bond acceptors (Lipinski definition) is 7. The standard InChI is InChI=1S/C10H14N6OS/c1-11-10-14-13-8(18-10)6-16-9(17)4-7(5-12-16)15(2)3/h4-5H,6H2,1-3H3,(H,11,14). The van der Waals surface area contributed by atoms with Crippen LogP contribution in [-0.2, 0) is 6.54 Å². The van der Waals surface area contributed by atoms with Crippen LogP contribution in [0.2, 0.25) is 0 Å². The van der Waals surface area contributed by atoms with Crippen molar-refractivity contribution >= 4 is 22.2 Å². The Morgan fingerprint density at radius 1 is 1.44 bits per heavy atom. The molecule has 2 aromatic rings. The smallest absolute Gasteiger partial charge is 0.269 e. The summed E-state index contributed by atoms with van der Waals surface area (Å²) in [5, 5.41) is 16.4. The van der Waals surface area contributed by atoms with E-state index >= 15 is 0 Å². The SMILES string of the molecule is CNc1nnc(Cn2ncc(N(C)C)cc2=O)s1. The number of hydrogen-bond donors (Lipinski definition) is 1. The normalized spacial score (nSPS) is 10.4. The van der Waals surface area contributed by atoms with Crippen LogP contribution in [0.1, 0.15) is 5.01 Å². The fourth-order valence-corrected chi connectivity index (χ4v) is 2.01. The maximum absolute atomic E-state index is 11.8. The summed E-state index contributed by atoms with van der Waals surface area (Å²) in [4.78, 5) is 13.7. The molecule has 0 aromatic carbocycles. The fraction of sp³-hybridized carbons (Fsp3) is 0.400. The van der Waals surface area contributed by atoms with Gasteiger partial charge in [0.1, 0.15) is 5.01 Å². The summed E-state index contributed by atoms with van der Waals surface area (Å²) in [5.41, 5.74) is 0.631. The number of aromatic nitrogens is 4. The van der Waals surface area contributed by atoms with Crippen LogP contribution >= 0.6 is 11.3 Å². The van der Waals surface area contributed by atoms with Crippen molar-refractivity contribution in [2.24, 2.45) is 0 Å². The second-order valence-corrected chi connectivity index (χ2v) is 4.92. The second kappa shape index (κ2) is 5.13. The quantitative estimate of drug-likeness (QED) is 0.855. The van der Waals surface area contributed by atoms with Crippen molar-refractivity contribution in [1.82, 2.24) is 20.0 Å². The van der Waals surface area contributed by atoms with Gasteiger partial charge in [-0.3, -0.25) is 4.79 Å². The van der Waals surface area contributed by atoms with E-state index in [4.69, 9.17) is 0 Å². The highest BCUT2D eigenvalue weighted by Crippen LogP contribution is 2.14. The molecule has 8 heteroatoms. The zero-order chi connectivity index (χ0) is 13.1. The molecule has 18 heavy (non-hydrogen) atoms. The first-order chi connectivity index (χ1) is 8.60. The van der Waals surface area contributed by atoms with Crippen molar-refractivity contribution in [3.8, 4) is 0 Å². The minimum absolute atomic E-state index is 0.151. The molecule has 2 heterocycles. The molecule has 0 radical (unpaired) electrons. The van der Waals surface area contributed by atoms with E-state index in [2.05, 4.69) is 20.6 Å². The minimum Gasteiger partial charge on any atom is -0.376 e. The molecule has 0 saturated heterocycles. The molecule has 0 fully saturated rings. The Morgan fingerprint density at radius 2 is 2.22 bits per heavy atom. The predicted molar refractivity (Wildman–Crippen MR) is 71.4 cm³/mol. The first kappa shape index (κ1) is 12.5. The lowest BCUT2D eigenvalue weighted by Crippen LogP contribution is -2.24. The second-order valence-electron chi connectivity index (χ2n) is 3.86. The number of nitrogens with one attached hydrogen (secondary N) is 1. The number of nitrogens with zero attached hydrogens (tertiary/aromatic N) is 5. The average molecular weight is 266 g/mol. The Hall–Kier alpha value is -1.96. The van der Waals surface area contributed by atoms with Crippen LogP contribution in [0.3, 0.4) is 0 Å². The van der Waals surface area contributed by atoms with E-state index in [0.717, 1.165) is 15.8 Å². The molecule has 0 aliphatic carbocycles. The molecule has 96 valence electrons. The van der Waals surface area contributed by atoms with Gasteiger partial charge in [-0.2, -0.15) is 5.10 Å². The van der Waals surface area contributed by atoms with E-state index in [1.54, 1.807) is 19.3 Å².